The van der Waals surface area contributed by atoms with Gasteiger partial charge in [-0.3, -0.25) is 9.20 Å². The van der Waals surface area contributed by atoms with Crippen LogP contribution >= 0.6 is 0 Å². The Bertz CT molecular complexity index is 493. The first-order valence-electron chi connectivity index (χ1n) is 5.02. The first-order chi connectivity index (χ1) is 7.83. The minimum Gasteiger partial charge on any atom is -0.383 e. The fraction of sp³-hybridized carbons (Fsp3) is 0.273. The van der Waals surface area contributed by atoms with Crippen molar-refractivity contribution in [1.82, 2.24) is 14.7 Å². The van der Waals surface area contributed by atoms with Crippen molar-refractivity contribution in [3.8, 4) is 0 Å². The summed E-state index contributed by atoms with van der Waals surface area (Å²) in [5.74, 6) is -0.124. The van der Waals surface area contributed by atoms with Crippen LogP contribution in [0.15, 0.2) is 30.6 Å². The number of amides is 1. The number of fused-ring (bicyclic) bond motifs is 1. The lowest BCUT2D eigenvalue weighted by molar-refractivity contribution is 0.0931. The average Bonchev–Trinajstić information content (AvgIpc) is 2.76. The highest BCUT2D eigenvalue weighted by atomic mass is 16.5. The summed E-state index contributed by atoms with van der Waals surface area (Å²) in [6, 6.07) is 5.43. The summed E-state index contributed by atoms with van der Waals surface area (Å²) in [6.45, 7) is 1.01. The number of ether oxygens (including phenoxy) is 1. The normalized spacial score (nSPS) is 10.6. The summed E-state index contributed by atoms with van der Waals surface area (Å²) < 4.78 is 6.62. The second kappa shape index (κ2) is 4.76. The van der Waals surface area contributed by atoms with Gasteiger partial charge in [0.15, 0.2) is 0 Å². The maximum Gasteiger partial charge on any atom is 0.268 e. The predicted molar refractivity (Wildman–Crippen MR) is 59.4 cm³/mol. The van der Waals surface area contributed by atoms with Crippen LogP contribution in [-0.4, -0.2) is 35.6 Å². The first kappa shape index (κ1) is 10.6. The molecule has 16 heavy (non-hydrogen) atoms. The van der Waals surface area contributed by atoms with E-state index in [9.17, 15) is 4.79 Å². The Morgan fingerprint density at radius 3 is 3.25 bits per heavy atom. The molecule has 2 aromatic rings. The smallest absolute Gasteiger partial charge is 0.268 e. The second-order valence-electron chi connectivity index (χ2n) is 3.32. The fourth-order valence-electron chi connectivity index (χ4n) is 1.49. The Labute approximate surface area is 93.1 Å². The molecule has 0 aliphatic heterocycles. The minimum atomic E-state index is -0.124. The van der Waals surface area contributed by atoms with Gasteiger partial charge in [0.05, 0.1) is 6.61 Å². The van der Waals surface area contributed by atoms with Crippen molar-refractivity contribution in [1.29, 1.82) is 0 Å². The summed E-state index contributed by atoms with van der Waals surface area (Å²) in [7, 11) is 1.60. The Balaban J connectivity index is 2.19. The van der Waals surface area contributed by atoms with Crippen molar-refractivity contribution >= 4 is 11.6 Å². The zero-order valence-electron chi connectivity index (χ0n) is 9.01. The number of carbonyl (C=O) groups excluding carboxylic acids is 1. The van der Waals surface area contributed by atoms with Crippen LogP contribution < -0.4 is 5.32 Å². The molecule has 2 rings (SSSR count). The average molecular weight is 219 g/mol. The molecule has 84 valence electrons. The van der Waals surface area contributed by atoms with Crippen molar-refractivity contribution < 1.29 is 9.53 Å². The topological polar surface area (TPSA) is 55.6 Å². The van der Waals surface area contributed by atoms with Gasteiger partial charge in [-0.15, -0.1) is 0 Å². The molecule has 0 aromatic carbocycles. The summed E-state index contributed by atoms with van der Waals surface area (Å²) in [5, 5.41) is 2.77. The van der Waals surface area contributed by atoms with Gasteiger partial charge in [-0.25, -0.2) is 4.98 Å². The van der Waals surface area contributed by atoms with Gasteiger partial charge >= 0.3 is 0 Å². The maximum absolute atomic E-state index is 11.8. The lowest BCUT2D eigenvalue weighted by Gasteiger charge is -2.06. The van der Waals surface area contributed by atoms with Crippen molar-refractivity contribution in [3.05, 3.63) is 36.3 Å². The summed E-state index contributed by atoms with van der Waals surface area (Å²) in [4.78, 5) is 15.9. The SMILES string of the molecule is COCCNC(=O)c1cccc2nccn12. The quantitative estimate of drug-likeness (QED) is 0.770. The molecule has 0 spiro atoms. The van der Waals surface area contributed by atoms with Crippen LogP contribution in [0.2, 0.25) is 0 Å². The lowest BCUT2D eigenvalue weighted by Crippen LogP contribution is -2.28. The third-order valence-corrected chi connectivity index (χ3v) is 2.25. The van der Waals surface area contributed by atoms with Crippen molar-refractivity contribution in [2.24, 2.45) is 0 Å². The maximum atomic E-state index is 11.8. The van der Waals surface area contributed by atoms with Crippen LogP contribution in [0.4, 0.5) is 0 Å². The number of imidazole rings is 1. The van der Waals surface area contributed by atoms with Gasteiger partial charge in [0.2, 0.25) is 0 Å². The molecule has 0 atom stereocenters. The van der Waals surface area contributed by atoms with Gasteiger partial charge in [-0.05, 0) is 12.1 Å². The van der Waals surface area contributed by atoms with E-state index in [-0.39, 0.29) is 5.91 Å². The largest absolute Gasteiger partial charge is 0.383 e. The molecule has 2 heterocycles. The molecule has 0 aliphatic rings. The minimum absolute atomic E-state index is 0.124. The van der Waals surface area contributed by atoms with Crippen molar-refractivity contribution in [3.63, 3.8) is 0 Å². The molecule has 1 N–H and O–H groups in total. The van der Waals surface area contributed by atoms with Crippen LogP contribution in [0.3, 0.4) is 0 Å². The van der Waals surface area contributed by atoms with Gasteiger partial charge in [0.1, 0.15) is 11.3 Å². The number of carbonyl (C=O) groups is 1. The fourth-order valence-corrected chi connectivity index (χ4v) is 1.49. The monoisotopic (exact) mass is 219 g/mol. The van der Waals surface area contributed by atoms with E-state index in [2.05, 4.69) is 10.3 Å². The van der Waals surface area contributed by atoms with Gasteiger partial charge in [0.25, 0.3) is 5.91 Å². The molecule has 1 amide bonds. The number of rotatable bonds is 4. The predicted octanol–water partition coefficient (Wildman–Crippen LogP) is 0.710. The number of methoxy groups -OCH3 is 1. The van der Waals surface area contributed by atoms with Crippen LogP contribution in [0.25, 0.3) is 5.65 Å². The van der Waals surface area contributed by atoms with Gasteiger partial charge in [-0.2, -0.15) is 0 Å². The van der Waals surface area contributed by atoms with Gasteiger partial charge in [0, 0.05) is 26.0 Å². The number of hydrogen-bond donors (Lipinski definition) is 1. The molecular weight excluding hydrogens is 206 g/mol. The van der Waals surface area contributed by atoms with Crippen molar-refractivity contribution in [2.45, 2.75) is 0 Å². The molecule has 0 bridgehead atoms. The Morgan fingerprint density at radius 1 is 1.56 bits per heavy atom. The Morgan fingerprint density at radius 2 is 2.44 bits per heavy atom. The molecule has 2 aromatic heterocycles. The number of aromatic nitrogens is 2. The molecule has 0 saturated heterocycles. The van der Waals surface area contributed by atoms with E-state index in [0.29, 0.717) is 18.8 Å². The molecule has 5 heteroatoms. The van der Waals surface area contributed by atoms with Crippen LogP contribution in [0, 0.1) is 0 Å². The summed E-state index contributed by atoms with van der Waals surface area (Å²) in [5.41, 5.74) is 1.34. The third kappa shape index (κ3) is 2.04. The number of pyridine rings is 1. The molecular formula is C11H13N3O2. The Kier molecular flexibility index (Phi) is 3.16. The van der Waals surface area contributed by atoms with Gasteiger partial charge < -0.3 is 10.1 Å². The highest BCUT2D eigenvalue weighted by Crippen LogP contribution is 2.05. The zero-order valence-corrected chi connectivity index (χ0v) is 9.01. The van der Waals surface area contributed by atoms with E-state index in [4.69, 9.17) is 4.74 Å². The Hall–Kier alpha value is -1.88. The van der Waals surface area contributed by atoms with E-state index in [0.717, 1.165) is 5.65 Å². The first-order valence-corrected chi connectivity index (χ1v) is 5.02. The molecule has 0 radical (unpaired) electrons. The zero-order chi connectivity index (χ0) is 11.4. The highest BCUT2D eigenvalue weighted by Gasteiger charge is 2.08. The highest BCUT2D eigenvalue weighted by molar-refractivity contribution is 5.93. The van der Waals surface area contributed by atoms with Crippen LogP contribution in [0.1, 0.15) is 10.5 Å². The lowest BCUT2D eigenvalue weighted by atomic mass is 10.3. The van der Waals surface area contributed by atoms with Crippen molar-refractivity contribution in [2.75, 3.05) is 20.3 Å². The van der Waals surface area contributed by atoms with E-state index >= 15 is 0 Å². The molecule has 5 nitrogen and oxygen atoms in total. The van der Waals surface area contributed by atoms with E-state index in [1.165, 1.54) is 0 Å². The number of nitrogens with one attached hydrogen (secondary N) is 1. The summed E-state index contributed by atoms with van der Waals surface area (Å²) in [6.07, 6.45) is 3.43. The number of nitrogens with zero attached hydrogens (tertiary/aromatic N) is 2. The van der Waals surface area contributed by atoms with E-state index < -0.39 is 0 Å². The summed E-state index contributed by atoms with van der Waals surface area (Å²) >= 11 is 0. The second-order valence-corrected chi connectivity index (χ2v) is 3.32. The molecule has 0 saturated carbocycles. The van der Waals surface area contributed by atoms with E-state index in [1.54, 1.807) is 30.0 Å². The van der Waals surface area contributed by atoms with Crippen LogP contribution in [-0.2, 0) is 4.74 Å². The number of hydrogen-bond acceptors (Lipinski definition) is 3. The molecule has 0 aliphatic carbocycles. The standard InChI is InChI=1S/C11H13N3O2/c1-16-8-6-13-11(15)9-3-2-4-10-12-5-7-14(9)10/h2-5,7H,6,8H2,1H3,(H,13,15). The van der Waals surface area contributed by atoms with E-state index in [1.807, 2.05) is 12.1 Å². The molecule has 0 unspecified atom stereocenters. The van der Waals surface area contributed by atoms with Gasteiger partial charge in [-0.1, -0.05) is 6.07 Å². The molecule has 0 fully saturated rings. The van der Waals surface area contributed by atoms with Crippen LogP contribution in [0.5, 0.6) is 0 Å². The third-order valence-electron chi connectivity index (χ3n) is 2.25.